The topological polar surface area (TPSA) is 69.9 Å². The van der Waals surface area contributed by atoms with Crippen LogP contribution in [0.2, 0.25) is 5.15 Å². The van der Waals surface area contributed by atoms with Crippen LogP contribution in [-0.2, 0) is 9.53 Å². The molecule has 0 fully saturated rings. The quantitative estimate of drug-likeness (QED) is 0.315. The highest BCUT2D eigenvalue weighted by molar-refractivity contribution is 9.10. The van der Waals surface area contributed by atoms with Gasteiger partial charge in [0.1, 0.15) is 5.75 Å². The van der Waals surface area contributed by atoms with Crippen molar-refractivity contribution in [1.82, 2.24) is 9.38 Å². The number of ether oxygens (including phenoxy) is 2. The summed E-state index contributed by atoms with van der Waals surface area (Å²) in [4.78, 5) is 28.9. The zero-order valence-electron chi connectivity index (χ0n) is 13.4. The van der Waals surface area contributed by atoms with Gasteiger partial charge in [-0.25, -0.2) is 9.78 Å². The highest BCUT2D eigenvalue weighted by Gasteiger charge is 2.12. The van der Waals surface area contributed by atoms with Gasteiger partial charge in [-0.15, -0.1) is 11.3 Å². The van der Waals surface area contributed by atoms with Crippen molar-refractivity contribution in [3.8, 4) is 5.75 Å². The maximum absolute atomic E-state index is 12.1. The summed E-state index contributed by atoms with van der Waals surface area (Å²) in [5.41, 5.74) is 0.985. The van der Waals surface area contributed by atoms with Crippen LogP contribution in [-0.4, -0.2) is 34.9 Å². The Morgan fingerprint density at radius 2 is 2.23 bits per heavy atom. The molecule has 6 nitrogen and oxygen atoms in total. The lowest BCUT2D eigenvalue weighted by atomic mass is 10.1. The molecule has 2 heterocycles. The summed E-state index contributed by atoms with van der Waals surface area (Å²) in [5.74, 6) is -0.358. The fourth-order valence-corrected chi connectivity index (χ4v) is 3.73. The molecule has 0 aliphatic rings. The molecule has 0 radical (unpaired) electrons. The van der Waals surface area contributed by atoms with Gasteiger partial charge in [-0.05, 0) is 40.2 Å². The van der Waals surface area contributed by atoms with Gasteiger partial charge in [0.05, 0.1) is 17.3 Å². The first kappa shape index (κ1) is 18.6. The first-order chi connectivity index (χ1) is 12.5. The van der Waals surface area contributed by atoms with E-state index in [0.717, 1.165) is 4.96 Å². The van der Waals surface area contributed by atoms with Crippen molar-refractivity contribution in [2.45, 2.75) is 0 Å². The van der Waals surface area contributed by atoms with E-state index in [1.54, 1.807) is 28.8 Å². The number of nitrogens with zero attached hydrogens (tertiary/aromatic N) is 2. The van der Waals surface area contributed by atoms with Crippen LogP contribution in [0.3, 0.4) is 0 Å². The van der Waals surface area contributed by atoms with Crippen molar-refractivity contribution in [1.29, 1.82) is 0 Å². The summed E-state index contributed by atoms with van der Waals surface area (Å²) in [7, 11) is 1.53. The number of esters is 1. The van der Waals surface area contributed by atoms with Gasteiger partial charge in [0, 0.05) is 23.2 Å². The van der Waals surface area contributed by atoms with Crippen LogP contribution in [0.1, 0.15) is 16.1 Å². The van der Waals surface area contributed by atoms with Crippen molar-refractivity contribution in [3.63, 3.8) is 0 Å². The van der Waals surface area contributed by atoms with Crippen molar-refractivity contribution in [2.75, 3.05) is 13.7 Å². The summed E-state index contributed by atoms with van der Waals surface area (Å²) in [6.45, 7) is -0.365. The van der Waals surface area contributed by atoms with E-state index in [4.69, 9.17) is 21.1 Å². The second-order valence-corrected chi connectivity index (χ2v) is 7.14. The third-order valence-corrected chi connectivity index (χ3v) is 5.11. The zero-order valence-corrected chi connectivity index (χ0v) is 16.6. The van der Waals surface area contributed by atoms with Crippen LogP contribution in [0.5, 0.6) is 5.75 Å². The Hall–Kier alpha value is -2.16. The molecule has 3 aromatic rings. The Morgan fingerprint density at radius 3 is 2.96 bits per heavy atom. The number of rotatable bonds is 6. The average molecular weight is 456 g/mol. The van der Waals surface area contributed by atoms with Gasteiger partial charge in [-0.1, -0.05) is 11.6 Å². The van der Waals surface area contributed by atoms with E-state index in [1.807, 2.05) is 5.38 Å². The predicted octanol–water partition coefficient (Wildman–Crippen LogP) is 4.26. The highest BCUT2D eigenvalue weighted by atomic mass is 79.9. The van der Waals surface area contributed by atoms with E-state index in [0.29, 0.717) is 26.6 Å². The second-order valence-electron chi connectivity index (χ2n) is 5.06. The molecule has 134 valence electrons. The SMILES string of the molecule is COc1ccc(C(=O)COC(=O)/C=C\c2c(Cl)nc3sccn23)cc1Br. The number of fused-ring (bicyclic) bond motifs is 1. The minimum atomic E-state index is -0.646. The van der Waals surface area contributed by atoms with Crippen molar-refractivity contribution in [2.24, 2.45) is 0 Å². The van der Waals surface area contributed by atoms with Crippen LogP contribution in [0.15, 0.2) is 40.3 Å². The van der Waals surface area contributed by atoms with Gasteiger partial charge in [-0.3, -0.25) is 9.20 Å². The van der Waals surface area contributed by atoms with Crippen LogP contribution in [0.4, 0.5) is 0 Å². The van der Waals surface area contributed by atoms with E-state index in [-0.39, 0.29) is 12.4 Å². The fourth-order valence-electron chi connectivity index (χ4n) is 2.18. The minimum absolute atomic E-state index is 0.292. The molecular formula is C17H12BrClN2O4S. The van der Waals surface area contributed by atoms with Gasteiger partial charge < -0.3 is 9.47 Å². The van der Waals surface area contributed by atoms with Crippen LogP contribution in [0.25, 0.3) is 11.0 Å². The number of methoxy groups -OCH3 is 1. The normalized spacial score (nSPS) is 11.2. The third-order valence-electron chi connectivity index (χ3n) is 3.45. The number of hydrogen-bond acceptors (Lipinski definition) is 6. The van der Waals surface area contributed by atoms with Crippen LogP contribution in [0, 0.1) is 0 Å². The molecule has 0 aliphatic carbocycles. The lowest BCUT2D eigenvalue weighted by Crippen LogP contribution is -2.12. The average Bonchev–Trinajstić information content (AvgIpc) is 3.18. The maximum Gasteiger partial charge on any atom is 0.331 e. The number of carbonyl (C=O) groups is 2. The molecule has 1 aromatic carbocycles. The molecule has 3 rings (SSSR count). The second kappa shape index (κ2) is 8.03. The number of carbonyl (C=O) groups excluding carboxylic acids is 2. The standard InChI is InChI=1S/C17H12BrClN2O4S/c1-24-14-4-2-10(8-11(14)18)13(22)9-25-15(23)5-3-12-16(19)20-17-21(12)6-7-26-17/h2-8H,9H2,1H3/b5-3-. The molecule has 0 N–H and O–H groups in total. The lowest BCUT2D eigenvalue weighted by Gasteiger charge is -2.06. The Bertz CT molecular complexity index is 1010. The highest BCUT2D eigenvalue weighted by Crippen LogP contribution is 2.26. The number of imidazole rings is 1. The first-order valence-electron chi connectivity index (χ1n) is 7.32. The van der Waals surface area contributed by atoms with E-state index < -0.39 is 5.97 Å². The first-order valence-corrected chi connectivity index (χ1v) is 9.37. The number of halogens is 2. The largest absolute Gasteiger partial charge is 0.496 e. The molecule has 0 aliphatic heterocycles. The zero-order chi connectivity index (χ0) is 18.7. The molecule has 0 saturated heterocycles. The molecule has 0 spiro atoms. The molecule has 0 amide bonds. The Balaban J connectivity index is 1.61. The van der Waals surface area contributed by atoms with Gasteiger partial charge in [-0.2, -0.15) is 0 Å². The van der Waals surface area contributed by atoms with E-state index in [9.17, 15) is 9.59 Å². The van der Waals surface area contributed by atoms with Gasteiger partial charge >= 0.3 is 5.97 Å². The summed E-state index contributed by atoms with van der Waals surface area (Å²) in [6.07, 6.45) is 4.52. The van der Waals surface area contributed by atoms with Crippen LogP contribution < -0.4 is 4.74 Å². The Kier molecular flexibility index (Phi) is 5.75. The maximum atomic E-state index is 12.1. The van der Waals surface area contributed by atoms with E-state index in [1.165, 1.54) is 30.6 Å². The molecule has 9 heteroatoms. The fraction of sp³-hybridized carbons (Fsp3) is 0.118. The summed E-state index contributed by atoms with van der Waals surface area (Å²) < 4.78 is 12.5. The van der Waals surface area contributed by atoms with Crippen molar-refractivity contribution in [3.05, 3.63) is 56.7 Å². The number of hydrogen-bond donors (Lipinski definition) is 0. The number of Topliss-reactive ketones (excluding diaryl/α,β-unsaturated/α-hetero) is 1. The van der Waals surface area contributed by atoms with Crippen LogP contribution >= 0.6 is 38.9 Å². The molecule has 0 saturated carbocycles. The molecule has 0 atom stereocenters. The number of thiazole rings is 1. The summed E-state index contributed by atoms with van der Waals surface area (Å²) >= 11 is 10.8. The molecule has 0 unspecified atom stereocenters. The molecular weight excluding hydrogens is 444 g/mol. The molecule has 0 bridgehead atoms. The number of aromatic nitrogens is 2. The monoisotopic (exact) mass is 454 g/mol. The Labute approximate surface area is 166 Å². The molecule has 2 aromatic heterocycles. The lowest BCUT2D eigenvalue weighted by molar-refractivity contribution is -0.136. The van der Waals surface area contributed by atoms with E-state index >= 15 is 0 Å². The summed E-state index contributed by atoms with van der Waals surface area (Å²) in [5, 5.41) is 2.15. The Morgan fingerprint density at radius 1 is 1.42 bits per heavy atom. The van der Waals surface area contributed by atoms with Crippen molar-refractivity contribution < 1.29 is 19.1 Å². The molecule has 26 heavy (non-hydrogen) atoms. The van der Waals surface area contributed by atoms with Gasteiger partial charge in [0.2, 0.25) is 0 Å². The number of benzene rings is 1. The third kappa shape index (κ3) is 3.98. The predicted molar refractivity (Wildman–Crippen MR) is 103 cm³/mol. The van der Waals surface area contributed by atoms with E-state index in [2.05, 4.69) is 20.9 Å². The van der Waals surface area contributed by atoms with Gasteiger partial charge in [0.25, 0.3) is 0 Å². The number of ketones is 1. The van der Waals surface area contributed by atoms with Crippen molar-refractivity contribution >= 4 is 61.7 Å². The smallest absolute Gasteiger partial charge is 0.331 e. The van der Waals surface area contributed by atoms with Gasteiger partial charge in [0.15, 0.2) is 22.5 Å². The minimum Gasteiger partial charge on any atom is -0.496 e. The summed E-state index contributed by atoms with van der Waals surface area (Å²) in [6, 6.07) is 4.88.